The molecule has 12 heteroatoms. The number of hydrogen-bond acceptors (Lipinski definition) is 7. The van der Waals surface area contributed by atoms with E-state index >= 15 is 0 Å². The number of primary amides is 1. The molecule has 178 valence electrons. The number of aliphatic carboxylic acids is 1. The molecule has 4 unspecified atom stereocenters. The van der Waals surface area contributed by atoms with Crippen molar-refractivity contribution >= 4 is 29.6 Å². The second kappa shape index (κ2) is 14.3. The fourth-order valence-electron chi connectivity index (χ4n) is 2.64. The number of carboxylic acid groups (broad SMARTS) is 1. The van der Waals surface area contributed by atoms with E-state index in [2.05, 4.69) is 16.0 Å². The predicted octanol–water partition coefficient (Wildman–Crippen LogP) is -2.08. The highest BCUT2D eigenvalue weighted by atomic mass is 16.4. The summed E-state index contributed by atoms with van der Waals surface area (Å²) in [5.41, 5.74) is 16.1. The van der Waals surface area contributed by atoms with Gasteiger partial charge in [-0.25, -0.2) is 4.79 Å². The molecule has 4 atom stereocenters. The number of carbonyl (C=O) groups is 5. The first kappa shape index (κ1) is 28.3. The maximum Gasteiger partial charge on any atom is 0.326 e. The Kier molecular flexibility index (Phi) is 13.0. The van der Waals surface area contributed by atoms with Crippen molar-refractivity contribution in [3.8, 4) is 0 Å². The van der Waals surface area contributed by atoms with Crippen LogP contribution in [0.4, 0.5) is 0 Å². The number of rotatable bonds is 15. The molecule has 0 rings (SSSR count). The fraction of sp³-hybridized carbons (Fsp3) is 0.737. The molecule has 31 heavy (non-hydrogen) atoms. The van der Waals surface area contributed by atoms with E-state index in [1.807, 2.05) is 0 Å². The third-order valence-corrected chi connectivity index (χ3v) is 4.60. The molecule has 0 aromatic carbocycles. The Labute approximate surface area is 182 Å². The van der Waals surface area contributed by atoms with Crippen LogP contribution in [0, 0.1) is 5.92 Å². The van der Waals surface area contributed by atoms with Crippen LogP contribution >= 0.6 is 0 Å². The standard InChI is InChI=1S/C19H36N6O6/c1-10(2)15(25-17(28)12(21)7-8-14(22)26)18(29)23-11(3)16(27)24-13(19(30)31)6-4-5-9-20/h10-13,15H,4-9,20-21H2,1-3H3,(H2,22,26)(H,23,29)(H,24,27)(H,25,28)(H,30,31). The molecule has 0 aliphatic heterocycles. The van der Waals surface area contributed by atoms with Crippen LogP contribution in [-0.2, 0) is 24.0 Å². The van der Waals surface area contributed by atoms with Gasteiger partial charge in [0.15, 0.2) is 0 Å². The largest absolute Gasteiger partial charge is 0.480 e. The minimum atomic E-state index is -1.18. The van der Waals surface area contributed by atoms with Crippen molar-refractivity contribution in [3.05, 3.63) is 0 Å². The van der Waals surface area contributed by atoms with Crippen molar-refractivity contribution < 1.29 is 29.1 Å². The van der Waals surface area contributed by atoms with Crippen LogP contribution in [0.1, 0.15) is 52.9 Å². The second-order valence-corrected chi connectivity index (χ2v) is 7.76. The van der Waals surface area contributed by atoms with Gasteiger partial charge in [0.25, 0.3) is 0 Å². The maximum absolute atomic E-state index is 12.6. The molecule has 0 radical (unpaired) electrons. The third-order valence-electron chi connectivity index (χ3n) is 4.60. The molecule has 12 nitrogen and oxygen atoms in total. The predicted molar refractivity (Wildman–Crippen MR) is 113 cm³/mol. The molecule has 4 amide bonds. The van der Waals surface area contributed by atoms with E-state index in [-0.39, 0.29) is 25.2 Å². The van der Waals surface area contributed by atoms with Crippen molar-refractivity contribution in [1.82, 2.24) is 16.0 Å². The van der Waals surface area contributed by atoms with Gasteiger partial charge in [-0.3, -0.25) is 19.2 Å². The zero-order chi connectivity index (χ0) is 24.1. The molecule has 10 N–H and O–H groups in total. The SMILES string of the molecule is CC(NC(=O)C(NC(=O)C(N)CCC(N)=O)C(C)C)C(=O)NC(CCCCN)C(=O)O. The van der Waals surface area contributed by atoms with E-state index in [1.165, 1.54) is 6.92 Å². The Morgan fingerprint density at radius 1 is 0.871 bits per heavy atom. The average Bonchev–Trinajstić information content (AvgIpc) is 2.68. The number of carbonyl (C=O) groups excluding carboxylic acids is 4. The van der Waals surface area contributed by atoms with Gasteiger partial charge in [-0.05, 0) is 45.1 Å². The second-order valence-electron chi connectivity index (χ2n) is 7.76. The lowest BCUT2D eigenvalue weighted by Gasteiger charge is -2.25. The van der Waals surface area contributed by atoms with Gasteiger partial charge in [0.05, 0.1) is 6.04 Å². The van der Waals surface area contributed by atoms with Crippen molar-refractivity contribution in [2.24, 2.45) is 23.1 Å². The third kappa shape index (κ3) is 11.3. The Bertz CT molecular complexity index is 641. The molecular formula is C19H36N6O6. The topological polar surface area (TPSA) is 220 Å². The molecule has 0 saturated carbocycles. The summed E-state index contributed by atoms with van der Waals surface area (Å²) in [5, 5.41) is 16.6. The van der Waals surface area contributed by atoms with Crippen LogP contribution < -0.4 is 33.2 Å². The zero-order valence-electron chi connectivity index (χ0n) is 18.3. The van der Waals surface area contributed by atoms with Crippen LogP contribution in [0.5, 0.6) is 0 Å². The van der Waals surface area contributed by atoms with Gasteiger partial charge in [-0.15, -0.1) is 0 Å². The lowest BCUT2D eigenvalue weighted by atomic mass is 10.0. The van der Waals surface area contributed by atoms with E-state index < -0.39 is 53.8 Å². The van der Waals surface area contributed by atoms with Crippen molar-refractivity contribution in [3.63, 3.8) is 0 Å². The molecule has 0 heterocycles. The van der Waals surface area contributed by atoms with Gasteiger partial charge in [0, 0.05) is 6.42 Å². The van der Waals surface area contributed by atoms with Gasteiger partial charge >= 0.3 is 5.97 Å². The summed E-state index contributed by atoms with van der Waals surface area (Å²) in [6, 6.07) is -4.14. The lowest BCUT2D eigenvalue weighted by Crippen LogP contribution is -2.57. The Balaban J connectivity index is 4.91. The summed E-state index contributed by atoms with van der Waals surface area (Å²) in [7, 11) is 0. The number of nitrogens with two attached hydrogens (primary N) is 3. The van der Waals surface area contributed by atoms with Crippen LogP contribution in [-0.4, -0.2) is 65.4 Å². The van der Waals surface area contributed by atoms with Crippen LogP contribution in [0.15, 0.2) is 0 Å². The molecule has 0 aromatic rings. The first-order valence-corrected chi connectivity index (χ1v) is 10.3. The van der Waals surface area contributed by atoms with Crippen molar-refractivity contribution in [2.45, 2.75) is 77.0 Å². The van der Waals surface area contributed by atoms with E-state index in [0.29, 0.717) is 19.4 Å². The summed E-state index contributed by atoms with van der Waals surface area (Å²) in [6.45, 7) is 5.22. The molecule has 0 saturated heterocycles. The highest BCUT2D eigenvalue weighted by Gasteiger charge is 2.29. The first-order chi connectivity index (χ1) is 14.4. The minimum Gasteiger partial charge on any atom is -0.480 e. The van der Waals surface area contributed by atoms with Crippen LogP contribution in [0.3, 0.4) is 0 Å². The summed E-state index contributed by atoms with van der Waals surface area (Å²) in [6.07, 6.45) is 1.34. The average molecular weight is 445 g/mol. The number of nitrogens with one attached hydrogen (secondary N) is 3. The van der Waals surface area contributed by atoms with Gasteiger partial charge in [-0.1, -0.05) is 13.8 Å². The minimum absolute atomic E-state index is 0.0349. The van der Waals surface area contributed by atoms with Gasteiger partial charge < -0.3 is 38.3 Å². The summed E-state index contributed by atoms with van der Waals surface area (Å²) < 4.78 is 0. The normalized spacial score (nSPS) is 14.8. The molecule has 0 bridgehead atoms. The van der Waals surface area contributed by atoms with E-state index in [9.17, 15) is 29.1 Å². The quantitative estimate of drug-likeness (QED) is 0.139. The first-order valence-electron chi connectivity index (χ1n) is 10.3. The van der Waals surface area contributed by atoms with E-state index in [0.717, 1.165) is 0 Å². The zero-order valence-corrected chi connectivity index (χ0v) is 18.3. The van der Waals surface area contributed by atoms with Crippen LogP contribution in [0.2, 0.25) is 0 Å². The molecular weight excluding hydrogens is 408 g/mol. The summed E-state index contributed by atoms with van der Waals surface area (Å²) in [4.78, 5) is 59.3. The van der Waals surface area contributed by atoms with Gasteiger partial charge in [0.2, 0.25) is 23.6 Å². The maximum atomic E-state index is 12.6. The summed E-state index contributed by atoms with van der Waals surface area (Å²) in [5.74, 6) is -4.02. The molecule has 0 fully saturated rings. The van der Waals surface area contributed by atoms with Crippen LogP contribution in [0.25, 0.3) is 0 Å². The molecule has 0 spiro atoms. The lowest BCUT2D eigenvalue weighted by molar-refractivity contribution is -0.142. The number of unbranched alkanes of at least 4 members (excludes halogenated alkanes) is 1. The van der Waals surface area contributed by atoms with Crippen molar-refractivity contribution in [2.75, 3.05) is 6.54 Å². The smallest absolute Gasteiger partial charge is 0.326 e. The van der Waals surface area contributed by atoms with Crippen molar-refractivity contribution in [1.29, 1.82) is 0 Å². The number of carboxylic acids is 1. The molecule has 0 aliphatic carbocycles. The Morgan fingerprint density at radius 3 is 1.97 bits per heavy atom. The van der Waals surface area contributed by atoms with E-state index in [4.69, 9.17) is 17.2 Å². The summed E-state index contributed by atoms with van der Waals surface area (Å²) >= 11 is 0. The Hall–Kier alpha value is -2.73. The Morgan fingerprint density at radius 2 is 1.48 bits per heavy atom. The highest BCUT2D eigenvalue weighted by molar-refractivity contribution is 5.94. The number of hydrogen-bond donors (Lipinski definition) is 7. The highest BCUT2D eigenvalue weighted by Crippen LogP contribution is 2.05. The van der Waals surface area contributed by atoms with Gasteiger partial charge in [-0.2, -0.15) is 0 Å². The van der Waals surface area contributed by atoms with E-state index in [1.54, 1.807) is 13.8 Å². The number of amides is 4. The monoisotopic (exact) mass is 444 g/mol. The van der Waals surface area contributed by atoms with Gasteiger partial charge in [0.1, 0.15) is 18.1 Å². The fourth-order valence-corrected chi connectivity index (χ4v) is 2.64. The molecule has 0 aromatic heterocycles. The molecule has 0 aliphatic rings.